The fraction of sp³-hybridized carbons (Fsp3) is 0.889. The van der Waals surface area contributed by atoms with Crippen LogP contribution in [0.1, 0.15) is 20.8 Å². The molecule has 1 aliphatic carbocycles. The molecule has 0 aliphatic heterocycles. The van der Waals surface area contributed by atoms with Gasteiger partial charge in [-0.25, -0.2) is 0 Å². The van der Waals surface area contributed by atoms with Crippen LogP contribution in [0.2, 0.25) is 0 Å². The molecule has 0 heterocycles. The van der Waals surface area contributed by atoms with E-state index in [4.69, 9.17) is 4.74 Å². The Morgan fingerprint density at radius 3 is 2.55 bits per heavy atom. The zero-order valence-corrected chi connectivity index (χ0v) is 7.46. The van der Waals surface area contributed by atoms with Crippen molar-refractivity contribution >= 4 is 6.29 Å². The summed E-state index contributed by atoms with van der Waals surface area (Å²) in [6.07, 6.45) is 1.06. The fourth-order valence-corrected chi connectivity index (χ4v) is 1.62. The standard InChI is InChI=1S/C9H16O2/c1-4-11-6-8-7(5-10)9(8,2)3/h5,7-8H,4,6H2,1-3H3/t7-,8+/m1/s1. The first kappa shape index (κ1) is 8.72. The van der Waals surface area contributed by atoms with Crippen molar-refractivity contribution in [3.63, 3.8) is 0 Å². The van der Waals surface area contributed by atoms with E-state index in [9.17, 15) is 4.79 Å². The Labute approximate surface area is 67.9 Å². The third-order valence-electron chi connectivity index (χ3n) is 2.79. The maximum atomic E-state index is 10.5. The van der Waals surface area contributed by atoms with Crippen LogP contribution in [0, 0.1) is 17.3 Å². The lowest BCUT2D eigenvalue weighted by atomic mass is 10.1. The summed E-state index contributed by atoms with van der Waals surface area (Å²) in [5.74, 6) is 0.689. The Balaban J connectivity index is 2.33. The molecule has 0 spiro atoms. The average molecular weight is 156 g/mol. The lowest BCUT2D eigenvalue weighted by molar-refractivity contribution is -0.109. The molecule has 0 saturated heterocycles. The van der Waals surface area contributed by atoms with Crippen molar-refractivity contribution in [1.82, 2.24) is 0 Å². The quantitative estimate of drug-likeness (QED) is 0.576. The monoisotopic (exact) mass is 156 g/mol. The third kappa shape index (κ3) is 1.45. The molecule has 1 fully saturated rings. The van der Waals surface area contributed by atoms with Gasteiger partial charge >= 0.3 is 0 Å². The van der Waals surface area contributed by atoms with Crippen LogP contribution in [0.4, 0.5) is 0 Å². The SMILES string of the molecule is CCOC[C@H]1[C@@H](C=O)C1(C)C. The number of aldehydes is 1. The summed E-state index contributed by atoms with van der Waals surface area (Å²) in [6.45, 7) is 7.71. The highest BCUT2D eigenvalue weighted by molar-refractivity contribution is 5.61. The zero-order valence-electron chi connectivity index (χ0n) is 7.46. The second-order valence-corrected chi connectivity index (χ2v) is 3.75. The summed E-state index contributed by atoms with van der Waals surface area (Å²) in [5, 5.41) is 0. The number of hydrogen-bond acceptors (Lipinski definition) is 2. The van der Waals surface area contributed by atoms with E-state index in [2.05, 4.69) is 13.8 Å². The molecular weight excluding hydrogens is 140 g/mol. The van der Waals surface area contributed by atoms with Crippen molar-refractivity contribution in [2.45, 2.75) is 20.8 Å². The molecule has 1 rings (SSSR count). The molecule has 0 aromatic heterocycles. The maximum absolute atomic E-state index is 10.5. The largest absolute Gasteiger partial charge is 0.381 e. The minimum Gasteiger partial charge on any atom is -0.381 e. The van der Waals surface area contributed by atoms with Crippen LogP contribution < -0.4 is 0 Å². The van der Waals surface area contributed by atoms with Gasteiger partial charge in [0.25, 0.3) is 0 Å². The molecule has 64 valence electrons. The fourth-order valence-electron chi connectivity index (χ4n) is 1.62. The minimum absolute atomic E-state index is 0.191. The number of hydrogen-bond donors (Lipinski definition) is 0. The first-order valence-electron chi connectivity index (χ1n) is 4.17. The summed E-state index contributed by atoms with van der Waals surface area (Å²) in [7, 11) is 0. The molecule has 2 heteroatoms. The van der Waals surface area contributed by atoms with Gasteiger partial charge in [-0.3, -0.25) is 0 Å². The smallest absolute Gasteiger partial charge is 0.124 e. The average Bonchev–Trinajstić information content (AvgIpc) is 2.48. The van der Waals surface area contributed by atoms with Crippen molar-refractivity contribution in [1.29, 1.82) is 0 Å². The van der Waals surface area contributed by atoms with Crippen LogP contribution >= 0.6 is 0 Å². The van der Waals surface area contributed by atoms with Gasteiger partial charge in [0.05, 0.1) is 6.61 Å². The summed E-state index contributed by atoms with van der Waals surface area (Å²) in [4.78, 5) is 10.5. The summed E-state index contributed by atoms with van der Waals surface area (Å²) in [6, 6.07) is 0. The molecule has 0 amide bonds. The predicted octanol–water partition coefficient (Wildman–Crippen LogP) is 1.49. The number of rotatable bonds is 4. The van der Waals surface area contributed by atoms with E-state index in [0.717, 1.165) is 19.5 Å². The Bertz CT molecular complexity index is 152. The molecule has 1 aliphatic rings. The zero-order chi connectivity index (χ0) is 8.48. The van der Waals surface area contributed by atoms with Gasteiger partial charge < -0.3 is 9.53 Å². The van der Waals surface area contributed by atoms with Gasteiger partial charge in [-0.2, -0.15) is 0 Å². The summed E-state index contributed by atoms with van der Waals surface area (Å²) in [5.41, 5.74) is 0.191. The molecule has 0 aromatic carbocycles. The van der Waals surface area contributed by atoms with Crippen LogP contribution in [0.25, 0.3) is 0 Å². The number of carbonyl (C=O) groups excluding carboxylic acids is 1. The van der Waals surface area contributed by atoms with E-state index in [1.807, 2.05) is 6.92 Å². The van der Waals surface area contributed by atoms with Crippen molar-refractivity contribution in [2.24, 2.45) is 17.3 Å². The normalized spacial score (nSPS) is 33.4. The second-order valence-electron chi connectivity index (χ2n) is 3.75. The molecule has 0 radical (unpaired) electrons. The molecule has 1 saturated carbocycles. The van der Waals surface area contributed by atoms with E-state index in [0.29, 0.717) is 5.92 Å². The van der Waals surface area contributed by atoms with Gasteiger partial charge in [0, 0.05) is 12.5 Å². The van der Waals surface area contributed by atoms with Gasteiger partial charge in [0.2, 0.25) is 0 Å². The third-order valence-corrected chi connectivity index (χ3v) is 2.79. The van der Waals surface area contributed by atoms with Gasteiger partial charge in [-0.1, -0.05) is 13.8 Å². The van der Waals surface area contributed by atoms with Crippen molar-refractivity contribution in [2.75, 3.05) is 13.2 Å². The van der Waals surface area contributed by atoms with Gasteiger partial charge in [0.1, 0.15) is 6.29 Å². The molecule has 0 unspecified atom stereocenters. The lowest BCUT2D eigenvalue weighted by Gasteiger charge is -2.01. The highest BCUT2D eigenvalue weighted by Gasteiger charge is 2.57. The first-order valence-corrected chi connectivity index (χ1v) is 4.17. The summed E-state index contributed by atoms with van der Waals surface area (Å²) >= 11 is 0. The van der Waals surface area contributed by atoms with E-state index in [-0.39, 0.29) is 11.3 Å². The lowest BCUT2D eigenvalue weighted by Crippen LogP contribution is -2.00. The van der Waals surface area contributed by atoms with Gasteiger partial charge in [-0.15, -0.1) is 0 Å². The minimum atomic E-state index is 0.191. The van der Waals surface area contributed by atoms with Gasteiger partial charge in [0.15, 0.2) is 0 Å². The molecule has 0 N–H and O–H groups in total. The topological polar surface area (TPSA) is 26.3 Å². The summed E-state index contributed by atoms with van der Waals surface area (Å²) < 4.78 is 5.27. The number of ether oxygens (including phenoxy) is 1. The molecule has 2 nitrogen and oxygen atoms in total. The Morgan fingerprint density at radius 2 is 2.18 bits per heavy atom. The molecule has 0 aromatic rings. The highest BCUT2D eigenvalue weighted by Crippen LogP contribution is 2.56. The molecule has 11 heavy (non-hydrogen) atoms. The van der Waals surface area contributed by atoms with E-state index < -0.39 is 0 Å². The molecule has 2 atom stereocenters. The van der Waals surface area contributed by atoms with Crippen molar-refractivity contribution in [3.05, 3.63) is 0 Å². The first-order chi connectivity index (χ1) is 5.14. The second kappa shape index (κ2) is 2.94. The van der Waals surface area contributed by atoms with E-state index in [1.165, 1.54) is 0 Å². The van der Waals surface area contributed by atoms with Crippen LogP contribution in [-0.2, 0) is 9.53 Å². The van der Waals surface area contributed by atoms with Crippen LogP contribution in [0.3, 0.4) is 0 Å². The van der Waals surface area contributed by atoms with Crippen LogP contribution in [-0.4, -0.2) is 19.5 Å². The van der Waals surface area contributed by atoms with E-state index in [1.54, 1.807) is 0 Å². The van der Waals surface area contributed by atoms with Crippen molar-refractivity contribution in [3.8, 4) is 0 Å². The highest BCUT2D eigenvalue weighted by atomic mass is 16.5. The predicted molar refractivity (Wildman–Crippen MR) is 43.3 cm³/mol. The Morgan fingerprint density at radius 1 is 1.55 bits per heavy atom. The number of carbonyl (C=O) groups is 1. The van der Waals surface area contributed by atoms with Crippen molar-refractivity contribution < 1.29 is 9.53 Å². The Hall–Kier alpha value is -0.370. The molecular formula is C9H16O2. The Kier molecular flexibility index (Phi) is 2.33. The molecule has 0 bridgehead atoms. The van der Waals surface area contributed by atoms with Gasteiger partial charge in [-0.05, 0) is 18.3 Å². The maximum Gasteiger partial charge on any atom is 0.124 e. The van der Waals surface area contributed by atoms with E-state index >= 15 is 0 Å². The van der Waals surface area contributed by atoms with Crippen LogP contribution in [0.5, 0.6) is 0 Å². The van der Waals surface area contributed by atoms with Crippen LogP contribution in [0.15, 0.2) is 0 Å².